The average molecular weight is 452 g/mol. The first kappa shape index (κ1) is 23.0. The fraction of sp³-hybridized carbons (Fsp3) is 0.423. The highest BCUT2D eigenvalue weighted by molar-refractivity contribution is 5.87. The molecule has 0 N–H and O–H groups in total. The number of fused-ring (bicyclic) bond motifs is 1. The second-order valence-corrected chi connectivity index (χ2v) is 9.56. The molecule has 1 amide bonds. The van der Waals surface area contributed by atoms with E-state index in [4.69, 9.17) is 4.74 Å². The molecule has 1 aromatic carbocycles. The van der Waals surface area contributed by atoms with E-state index in [1.807, 2.05) is 50.6 Å². The third kappa shape index (κ3) is 5.24. The third-order valence-electron chi connectivity index (χ3n) is 5.68. The molecule has 1 saturated carbocycles. The Hall–Kier alpha value is -3.22. The van der Waals surface area contributed by atoms with Gasteiger partial charge < -0.3 is 14.2 Å². The number of rotatable bonds is 7. The lowest BCUT2D eigenvalue weighted by Gasteiger charge is -2.23. The molecule has 0 bridgehead atoms. The molecule has 0 spiro atoms. The summed E-state index contributed by atoms with van der Waals surface area (Å²) in [5, 5.41) is 0.833. The predicted molar refractivity (Wildman–Crippen MR) is 124 cm³/mol. The Labute approximate surface area is 193 Å². The summed E-state index contributed by atoms with van der Waals surface area (Å²) in [6, 6.07) is 8.31. The second kappa shape index (κ2) is 8.96. The monoisotopic (exact) mass is 451 g/mol. The quantitative estimate of drug-likeness (QED) is 0.484. The molecule has 1 aliphatic carbocycles. The average Bonchev–Trinajstić information content (AvgIpc) is 3.54. The molecular weight excluding hydrogens is 421 g/mol. The minimum Gasteiger partial charge on any atom is -0.460 e. The number of esters is 1. The van der Waals surface area contributed by atoms with Crippen LogP contribution in [0.3, 0.4) is 0 Å². The molecule has 2 aromatic heterocycles. The Kier molecular flexibility index (Phi) is 6.23. The molecule has 0 unspecified atom stereocenters. The first-order valence-electron chi connectivity index (χ1n) is 11.4. The van der Waals surface area contributed by atoms with E-state index in [-0.39, 0.29) is 30.0 Å². The first-order valence-corrected chi connectivity index (χ1v) is 11.4. The molecule has 1 fully saturated rings. The van der Waals surface area contributed by atoms with Gasteiger partial charge in [0.2, 0.25) is 5.91 Å². The van der Waals surface area contributed by atoms with Crippen molar-refractivity contribution in [3.8, 4) is 5.69 Å². The maximum atomic E-state index is 14.2. The van der Waals surface area contributed by atoms with E-state index in [1.54, 1.807) is 17.2 Å². The zero-order chi connectivity index (χ0) is 23.8. The Morgan fingerprint density at radius 3 is 2.64 bits per heavy atom. The van der Waals surface area contributed by atoms with Gasteiger partial charge in [-0.15, -0.1) is 0 Å². The van der Waals surface area contributed by atoms with Crippen LogP contribution in [0, 0.1) is 11.7 Å². The number of hydrogen-bond acceptors (Lipinski definition) is 4. The summed E-state index contributed by atoms with van der Waals surface area (Å²) in [5.41, 5.74) is 2.30. The summed E-state index contributed by atoms with van der Waals surface area (Å²) in [5.74, 6) is -0.468. The van der Waals surface area contributed by atoms with Crippen molar-refractivity contribution in [2.45, 2.75) is 59.1 Å². The Morgan fingerprint density at radius 2 is 1.97 bits per heavy atom. The molecule has 0 radical (unpaired) electrons. The van der Waals surface area contributed by atoms with Crippen LogP contribution in [-0.2, 0) is 27.3 Å². The van der Waals surface area contributed by atoms with Gasteiger partial charge in [0.15, 0.2) is 0 Å². The van der Waals surface area contributed by atoms with Gasteiger partial charge in [-0.05, 0) is 82.0 Å². The van der Waals surface area contributed by atoms with Gasteiger partial charge in [-0.3, -0.25) is 9.59 Å². The molecule has 33 heavy (non-hydrogen) atoms. The molecular formula is C26H30FN3O3. The van der Waals surface area contributed by atoms with E-state index >= 15 is 0 Å². The van der Waals surface area contributed by atoms with E-state index in [0.717, 1.165) is 29.5 Å². The number of benzene rings is 1. The lowest BCUT2D eigenvalue weighted by atomic mass is 10.1. The summed E-state index contributed by atoms with van der Waals surface area (Å²) in [4.78, 5) is 31.5. The molecule has 174 valence electrons. The van der Waals surface area contributed by atoms with Crippen molar-refractivity contribution in [1.29, 1.82) is 0 Å². The van der Waals surface area contributed by atoms with Gasteiger partial charge >= 0.3 is 5.97 Å². The van der Waals surface area contributed by atoms with Crippen molar-refractivity contribution in [3.63, 3.8) is 0 Å². The highest BCUT2D eigenvalue weighted by Gasteiger charge is 2.33. The van der Waals surface area contributed by atoms with Crippen molar-refractivity contribution in [1.82, 2.24) is 14.5 Å². The zero-order valence-corrected chi connectivity index (χ0v) is 19.6. The fourth-order valence-electron chi connectivity index (χ4n) is 4.04. The highest BCUT2D eigenvalue weighted by atomic mass is 19.1. The predicted octanol–water partition coefficient (Wildman–Crippen LogP) is 4.81. The maximum absolute atomic E-state index is 14.2. The van der Waals surface area contributed by atoms with Crippen LogP contribution in [0.4, 0.5) is 4.39 Å². The van der Waals surface area contributed by atoms with Crippen LogP contribution in [0.15, 0.2) is 42.7 Å². The number of nitrogens with zero attached hydrogens (tertiary/aromatic N) is 3. The van der Waals surface area contributed by atoms with Crippen LogP contribution >= 0.6 is 0 Å². The van der Waals surface area contributed by atoms with E-state index in [2.05, 4.69) is 4.98 Å². The van der Waals surface area contributed by atoms with Crippen LogP contribution < -0.4 is 0 Å². The summed E-state index contributed by atoms with van der Waals surface area (Å²) in [6.07, 6.45) is 5.49. The lowest BCUT2D eigenvalue weighted by Crippen LogP contribution is -2.32. The number of carbonyl (C=O) groups excluding carboxylic acids is 2. The summed E-state index contributed by atoms with van der Waals surface area (Å²) in [7, 11) is 0. The molecule has 0 saturated heterocycles. The van der Waals surface area contributed by atoms with E-state index in [0.29, 0.717) is 24.3 Å². The van der Waals surface area contributed by atoms with Crippen molar-refractivity contribution >= 4 is 22.9 Å². The summed E-state index contributed by atoms with van der Waals surface area (Å²) >= 11 is 0. The van der Waals surface area contributed by atoms with Crippen LogP contribution in [0.1, 0.15) is 51.7 Å². The van der Waals surface area contributed by atoms with E-state index in [9.17, 15) is 14.0 Å². The number of aromatic nitrogens is 2. The Bertz CT molecular complexity index is 1190. The third-order valence-corrected chi connectivity index (χ3v) is 5.68. The second-order valence-electron chi connectivity index (χ2n) is 9.56. The molecule has 7 heteroatoms. The first-order chi connectivity index (χ1) is 15.7. The van der Waals surface area contributed by atoms with Gasteiger partial charge in [0.05, 0.1) is 12.1 Å². The zero-order valence-electron chi connectivity index (χ0n) is 19.6. The summed E-state index contributed by atoms with van der Waals surface area (Å²) in [6.45, 7) is 8.31. The molecule has 6 nitrogen and oxygen atoms in total. The lowest BCUT2D eigenvalue weighted by molar-refractivity contribution is -0.153. The van der Waals surface area contributed by atoms with Crippen molar-refractivity contribution in [2.75, 3.05) is 6.54 Å². The van der Waals surface area contributed by atoms with Gasteiger partial charge in [0.25, 0.3) is 0 Å². The SMILES string of the molecule is CCN(Cc1cc(F)ccc1-n1cc(CC(=O)OC(C)(C)C)c2cccnc21)C(=O)C1CC1. The minimum atomic E-state index is -0.574. The van der Waals surface area contributed by atoms with E-state index in [1.165, 1.54) is 12.1 Å². The smallest absolute Gasteiger partial charge is 0.310 e. The Balaban J connectivity index is 1.73. The van der Waals surface area contributed by atoms with E-state index < -0.39 is 5.60 Å². The van der Waals surface area contributed by atoms with Gasteiger partial charge in [-0.1, -0.05) is 0 Å². The molecule has 4 rings (SSSR count). The molecule has 0 aliphatic heterocycles. The molecule has 2 heterocycles. The van der Waals surface area contributed by atoms with Crippen LogP contribution in [0.25, 0.3) is 16.7 Å². The molecule has 0 atom stereocenters. The number of ether oxygens (including phenoxy) is 1. The van der Waals surface area contributed by atoms with Crippen molar-refractivity contribution in [3.05, 3.63) is 59.7 Å². The number of carbonyl (C=O) groups is 2. The number of halogens is 1. The van der Waals surface area contributed by atoms with Crippen LogP contribution in [0.5, 0.6) is 0 Å². The standard InChI is InChI=1S/C26H30FN3O3/c1-5-29(25(32)17-8-9-17)15-19-13-20(27)10-11-22(19)30-16-18(14-23(31)33-26(2,3)4)21-7-6-12-28-24(21)30/h6-7,10-13,16-17H,5,8-9,14-15H2,1-4H3. The van der Waals surface area contributed by atoms with Crippen molar-refractivity contribution in [2.24, 2.45) is 5.92 Å². The topological polar surface area (TPSA) is 64.4 Å². The minimum absolute atomic E-state index is 0.0939. The maximum Gasteiger partial charge on any atom is 0.310 e. The van der Waals surface area contributed by atoms with Gasteiger partial charge in [0.1, 0.15) is 17.1 Å². The Morgan fingerprint density at radius 1 is 1.21 bits per heavy atom. The van der Waals surface area contributed by atoms with Gasteiger partial charge in [-0.25, -0.2) is 9.37 Å². The highest BCUT2D eigenvalue weighted by Crippen LogP contribution is 2.32. The molecule has 1 aliphatic rings. The largest absolute Gasteiger partial charge is 0.460 e. The summed E-state index contributed by atoms with van der Waals surface area (Å²) < 4.78 is 21.6. The van der Waals surface area contributed by atoms with Crippen molar-refractivity contribution < 1.29 is 18.7 Å². The molecule has 3 aromatic rings. The van der Waals surface area contributed by atoms with Crippen LogP contribution in [-0.4, -0.2) is 38.5 Å². The number of amides is 1. The van der Waals surface area contributed by atoms with Gasteiger partial charge in [0, 0.05) is 36.8 Å². The van der Waals surface area contributed by atoms with Gasteiger partial charge in [-0.2, -0.15) is 0 Å². The number of hydrogen-bond donors (Lipinski definition) is 0. The van der Waals surface area contributed by atoms with Crippen LogP contribution in [0.2, 0.25) is 0 Å². The number of pyridine rings is 1. The fourth-order valence-corrected chi connectivity index (χ4v) is 4.04. The normalized spacial score (nSPS) is 13.8.